The van der Waals surface area contributed by atoms with Gasteiger partial charge >= 0.3 is 0 Å². The first-order valence-electron chi connectivity index (χ1n) is 7.96. The Morgan fingerprint density at radius 2 is 2.10 bits per heavy atom. The second-order valence-corrected chi connectivity index (χ2v) is 7.36. The molecule has 1 aliphatic rings. The fraction of sp³-hybridized carbons (Fsp3) is 0.812. The maximum Gasteiger partial charge on any atom is 0.113 e. The first-order valence-corrected chi connectivity index (χ1v) is 8.83. The van der Waals surface area contributed by atoms with Gasteiger partial charge in [0.05, 0.1) is 5.54 Å². The zero-order valence-electron chi connectivity index (χ0n) is 13.4. The molecule has 1 saturated heterocycles. The van der Waals surface area contributed by atoms with Gasteiger partial charge in [-0.1, -0.05) is 20.8 Å². The number of aryl methyl sites for hydroxylation is 1. The minimum Gasteiger partial charge on any atom is -0.305 e. The number of likely N-dealkylation sites (tertiary alicyclic amines) is 1. The molecule has 20 heavy (non-hydrogen) atoms. The van der Waals surface area contributed by atoms with E-state index in [9.17, 15) is 0 Å². The first-order chi connectivity index (χ1) is 9.55. The Balaban J connectivity index is 2.07. The van der Waals surface area contributed by atoms with Crippen molar-refractivity contribution in [2.75, 3.05) is 26.2 Å². The Hall–Kier alpha value is -0.450. The van der Waals surface area contributed by atoms with Gasteiger partial charge in [0, 0.05) is 30.7 Å². The van der Waals surface area contributed by atoms with Gasteiger partial charge in [0.2, 0.25) is 0 Å². The number of hydrogen-bond acceptors (Lipinski definition) is 4. The molecule has 0 bridgehead atoms. The maximum absolute atomic E-state index is 4.78. The number of hydrogen-bond donors (Lipinski definition) is 1. The molecule has 0 unspecified atom stereocenters. The molecule has 0 aromatic carbocycles. The van der Waals surface area contributed by atoms with E-state index in [1.54, 1.807) is 0 Å². The van der Waals surface area contributed by atoms with Crippen LogP contribution in [0.3, 0.4) is 0 Å². The summed E-state index contributed by atoms with van der Waals surface area (Å²) in [7, 11) is 0. The number of thiazole rings is 1. The second kappa shape index (κ2) is 7.01. The standard InChI is InChI=1S/C16H29N3S/c1-5-8-17-16(15-18-14(4)12-20-15)6-9-19(10-7-16)11-13(2)3/h12-13,17H,5-11H2,1-4H3. The summed E-state index contributed by atoms with van der Waals surface area (Å²) in [6.45, 7) is 13.6. The lowest BCUT2D eigenvalue weighted by Gasteiger charge is -2.42. The van der Waals surface area contributed by atoms with Gasteiger partial charge in [0.25, 0.3) is 0 Å². The van der Waals surface area contributed by atoms with Gasteiger partial charge in [-0.2, -0.15) is 0 Å². The van der Waals surface area contributed by atoms with E-state index < -0.39 is 0 Å². The van der Waals surface area contributed by atoms with Crippen LogP contribution in [0.4, 0.5) is 0 Å². The fourth-order valence-corrected chi connectivity index (χ4v) is 4.07. The molecule has 4 heteroatoms. The molecule has 0 radical (unpaired) electrons. The number of nitrogens with one attached hydrogen (secondary N) is 1. The highest BCUT2D eigenvalue weighted by molar-refractivity contribution is 7.09. The van der Waals surface area contributed by atoms with Crippen molar-refractivity contribution < 1.29 is 0 Å². The highest BCUT2D eigenvalue weighted by atomic mass is 32.1. The molecule has 1 N–H and O–H groups in total. The Morgan fingerprint density at radius 1 is 1.40 bits per heavy atom. The van der Waals surface area contributed by atoms with Crippen molar-refractivity contribution >= 4 is 11.3 Å². The van der Waals surface area contributed by atoms with Gasteiger partial charge < -0.3 is 10.2 Å². The van der Waals surface area contributed by atoms with Gasteiger partial charge in [-0.3, -0.25) is 0 Å². The lowest BCUT2D eigenvalue weighted by Crippen LogP contribution is -2.51. The summed E-state index contributed by atoms with van der Waals surface area (Å²) >= 11 is 1.83. The molecule has 0 spiro atoms. The van der Waals surface area contributed by atoms with Gasteiger partial charge in [-0.25, -0.2) is 4.98 Å². The van der Waals surface area contributed by atoms with Crippen LogP contribution in [-0.2, 0) is 5.54 Å². The maximum atomic E-state index is 4.78. The monoisotopic (exact) mass is 295 g/mol. The summed E-state index contributed by atoms with van der Waals surface area (Å²) in [4.78, 5) is 7.39. The number of nitrogens with zero attached hydrogens (tertiary/aromatic N) is 2. The second-order valence-electron chi connectivity index (χ2n) is 6.50. The molecule has 0 aliphatic carbocycles. The third-order valence-electron chi connectivity index (χ3n) is 4.07. The predicted molar refractivity (Wildman–Crippen MR) is 87.3 cm³/mol. The van der Waals surface area contributed by atoms with Gasteiger partial charge in [-0.15, -0.1) is 11.3 Å². The van der Waals surface area contributed by atoms with E-state index in [0.29, 0.717) is 0 Å². The van der Waals surface area contributed by atoms with Crippen LogP contribution in [0.25, 0.3) is 0 Å². The summed E-state index contributed by atoms with van der Waals surface area (Å²) in [5, 5.41) is 7.29. The van der Waals surface area contributed by atoms with E-state index in [1.807, 2.05) is 11.3 Å². The number of rotatable bonds is 6. The van der Waals surface area contributed by atoms with Crippen LogP contribution in [0, 0.1) is 12.8 Å². The van der Waals surface area contributed by atoms with E-state index >= 15 is 0 Å². The van der Waals surface area contributed by atoms with Crippen molar-refractivity contribution in [2.24, 2.45) is 5.92 Å². The molecular formula is C16H29N3S. The van der Waals surface area contributed by atoms with Crippen molar-refractivity contribution in [1.29, 1.82) is 0 Å². The zero-order valence-corrected chi connectivity index (χ0v) is 14.2. The predicted octanol–water partition coefficient (Wildman–Crippen LogP) is 3.40. The molecule has 1 aromatic heterocycles. The minimum atomic E-state index is 0.127. The summed E-state index contributed by atoms with van der Waals surface area (Å²) in [6.07, 6.45) is 3.56. The lowest BCUT2D eigenvalue weighted by molar-refractivity contribution is 0.123. The average molecular weight is 295 g/mol. The van der Waals surface area contributed by atoms with Gasteiger partial charge in [0.1, 0.15) is 5.01 Å². The lowest BCUT2D eigenvalue weighted by atomic mass is 9.87. The van der Waals surface area contributed by atoms with E-state index in [0.717, 1.165) is 18.2 Å². The van der Waals surface area contributed by atoms with Gasteiger partial charge in [-0.05, 0) is 38.6 Å². The quantitative estimate of drug-likeness (QED) is 0.872. The van der Waals surface area contributed by atoms with E-state index in [1.165, 1.54) is 43.9 Å². The molecule has 0 saturated carbocycles. The zero-order chi connectivity index (χ0) is 14.6. The molecule has 0 amide bonds. The van der Waals surface area contributed by atoms with Crippen LogP contribution in [0.15, 0.2) is 5.38 Å². The molecule has 3 nitrogen and oxygen atoms in total. The van der Waals surface area contributed by atoms with Gasteiger partial charge in [0.15, 0.2) is 0 Å². The Bertz CT molecular complexity index is 406. The third kappa shape index (κ3) is 3.80. The number of piperidine rings is 1. The topological polar surface area (TPSA) is 28.2 Å². The van der Waals surface area contributed by atoms with Crippen LogP contribution >= 0.6 is 11.3 Å². The van der Waals surface area contributed by atoms with Crippen LogP contribution in [0.1, 0.15) is 50.7 Å². The SMILES string of the molecule is CCCNC1(c2nc(C)cs2)CCN(CC(C)C)CC1. The van der Waals surface area contributed by atoms with Crippen molar-refractivity contribution in [3.8, 4) is 0 Å². The van der Waals surface area contributed by atoms with Crippen molar-refractivity contribution in [3.05, 3.63) is 16.1 Å². The summed E-state index contributed by atoms with van der Waals surface area (Å²) in [5.41, 5.74) is 1.29. The van der Waals surface area contributed by atoms with Crippen molar-refractivity contribution in [3.63, 3.8) is 0 Å². The van der Waals surface area contributed by atoms with Crippen molar-refractivity contribution in [2.45, 2.75) is 52.5 Å². The molecule has 2 heterocycles. The Morgan fingerprint density at radius 3 is 2.60 bits per heavy atom. The number of aromatic nitrogens is 1. The normalized spacial score (nSPS) is 19.6. The van der Waals surface area contributed by atoms with Crippen molar-refractivity contribution in [1.82, 2.24) is 15.2 Å². The molecule has 1 aromatic rings. The molecular weight excluding hydrogens is 266 g/mol. The van der Waals surface area contributed by atoms with E-state index in [2.05, 4.69) is 43.3 Å². The highest BCUT2D eigenvalue weighted by Crippen LogP contribution is 2.35. The summed E-state index contributed by atoms with van der Waals surface area (Å²) in [6, 6.07) is 0. The smallest absolute Gasteiger partial charge is 0.113 e. The largest absolute Gasteiger partial charge is 0.305 e. The minimum absolute atomic E-state index is 0.127. The molecule has 1 fully saturated rings. The average Bonchev–Trinajstić information content (AvgIpc) is 2.85. The highest BCUT2D eigenvalue weighted by Gasteiger charge is 2.37. The first kappa shape index (κ1) is 15.9. The Kier molecular flexibility index (Phi) is 5.58. The molecule has 2 rings (SSSR count). The van der Waals surface area contributed by atoms with E-state index in [4.69, 9.17) is 4.98 Å². The summed E-state index contributed by atoms with van der Waals surface area (Å²) in [5.74, 6) is 0.758. The molecule has 114 valence electrons. The van der Waals surface area contributed by atoms with E-state index in [-0.39, 0.29) is 5.54 Å². The van der Waals surface area contributed by atoms with Crippen LogP contribution in [-0.4, -0.2) is 36.1 Å². The molecule has 0 atom stereocenters. The van der Waals surface area contributed by atoms with Crippen LogP contribution in [0.5, 0.6) is 0 Å². The molecule has 1 aliphatic heterocycles. The Labute approximate surface area is 127 Å². The van der Waals surface area contributed by atoms with Crippen LogP contribution in [0.2, 0.25) is 0 Å². The van der Waals surface area contributed by atoms with Crippen LogP contribution < -0.4 is 5.32 Å². The third-order valence-corrected chi connectivity index (χ3v) is 5.24. The summed E-state index contributed by atoms with van der Waals surface area (Å²) < 4.78 is 0. The fourth-order valence-electron chi connectivity index (χ4n) is 3.04.